The zero-order valence-corrected chi connectivity index (χ0v) is 11.3. The number of thiazole rings is 1. The van der Waals surface area contributed by atoms with Crippen molar-refractivity contribution in [2.75, 3.05) is 18.5 Å². The summed E-state index contributed by atoms with van der Waals surface area (Å²) in [6.45, 7) is 5.21. The standard InChI is InChI=1S/C12H18N4OS/c1-2-17-7-3-5-16-6-4-13-12(16)14-8-11-9-18-10-15-11/h4,6,9-10H,2-3,5,7-8H2,1H3,(H,13,14). The van der Waals surface area contributed by atoms with Crippen LogP contribution in [0.2, 0.25) is 0 Å². The van der Waals surface area contributed by atoms with Gasteiger partial charge in [-0.25, -0.2) is 9.97 Å². The fraction of sp³-hybridized carbons (Fsp3) is 0.500. The number of hydrogen-bond donors (Lipinski definition) is 1. The maximum absolute atomic E-state index is 5.33. The van der Waals surface area contributed by atoms with Crippen molar-refractivity contribution in [1.82, 2.24) is 14.5 Å². The van der Waals surface area contributed by atoms with Crippen molar-refractivity contribution in [1.29, 1.82) is 0 Å². The van der Waals surface area contributed by atoms with Crippen LogP contribution >= 0.6 is 11.3 Å². The molecule has 0 saturated heterocycles. The topological polar surface area (TPSA) is 52.0 Å². The molecule has 0 aliphatic carbocycles. The Morgan fingerprint density at radius 1 is 1.44 bits per heavy atom. The molecule has 6 heteroatoms. The molecule has 0 aliphatic rings. The van der Waals surface area contributed by atoms with E-state index in [0.29, 0.717) is 6.54 Å². The van der Waals surface area contributed by atoms with Crippen LogP contribution in [0.5, 0.6) is 0 Å². The molecule has 0 spiro atoms. The van der Waals surface area contributed by atoms with Crippen LogP contribution in [0.1, 0.15) is 19.0 Å². The van der Waals surface area contributed by atoms with Gasteiger partial charge in [0.15, 0.2) is 0 Å². The molecule has 1 N–H and O–H groups in total. The smallest absolute Gasteiger partial charge is 0.203 e. The van der Waals surface area contributed by atoms with E-state index in [1.807, 2.05) is 30.2 Å². The lowest BCUT2D eigenvalue weighted by molar-refractivity contribution is 0.142. The third kappa shape index (κ3) is 3.82. The predicted octanol–water partition coefficient (Wildman–Crippen LogP) is 2.38. The molecule has 0 atom stereocenters. The highest BCUT2D eigenvalue weighted by Crippen LogP contribution is 2.08. The van der Waals surface area contributed by atoms with E-state index in [0.717, 1.165) is 37.8 Å². The van der Waals surface area contributed by atoms with Crippen LogP contribution in [0.3, 0.4) is 0 Å². The molecule has 0 aromatic carbocycles. The third-order valence-electron chi connectivity index (χ3n) is 2.52. The second-order valence-corrected chi connectivity index (χ2v) is 4.55. The summed E-state index contributed by atoms with van der Waals surface area (Å²) in [5.41, 5.74) is 2.88. The normalized spacial score (nSPS) is 10.7. The molecular formula is C12H18N4OS. The van der Waals surface area contributed by atoms with Gasteiger partial charge < -0.3 is 14.6 Å². The summed E-state index contributed by atoms with van der Waals surface area (Å²) in [7, 11) is 0. The van der Waals surface area contributed by atoms with Gasteiger partial charge in [0, 0.05) is 37.5 Å². The van der Waals surface area contributed by atoms with Gasteiger partial charge in [0.25, 0.3) is 0 Å². The third-order valence-corrected chi connectivity index (χ3v) is 3.15. The first-order valence-corrected chi connectivity index (χ1v) is 7.04. The highest BCUT2D eigenvalue weighted by Gasteiger charge is 2.02. The molecule has 0 bridgehead atoms. The van der Waals surface area contributed by atoms with E-state index >= 15 is 0 Å². The number of imidazole rings is 1. The number of rotatable bonds is 8. The van der Waals surface area contributed by atoms with Crippen molar-refractivity contribution in [3.8, 4) is 0 Å². The Labute approximate surface area is 111 Å². The first-order chi connectivity index (χ1) is 8.90. The number of aryl methyl sites for hydroxylation is 1. The summed E-state index contributed by atoms with van der Waals surface area (Å²) < 4.78 is 7.43. The number of anilines is 1. The van der Waals surface area contributed by atoms with Crippen LogP contribution in [0.25, 0.3) is 0 Å². The Hall–Kier alpha value is -1.40. The SMILES string of the molecule is CCOCCCn1ccnc1NCc1cscn1. The molecule has 5 nitrogen and oxygen atoms in total. The summed E-state index contributed by atoms with van der Waals surface area (Å²) in [5, 5.41) is 5.33. The maximum atomic E-state index is 5.33. The molecule has 18 heavy (non-hydrogen) atoms. The van der Waals surface area contributed by atoms with Crippen molar-refractivity contribution >= 4 is 17.3 Å². The van der Waals surface area contributed by atoms with E-state index in [2.05, 4.69) is 19.9 Å². The van der Waals surface area contributed by atoms with Gasteiger partial charge in [-0.1, -0.05) is 0 Å². The van der Waals surface area contributed by atoms with Crippen molar-refractivity contribution < 1.29 is 4.74 Å². The summed E-state index contributed by atoms with van der Waals surface area (Å²) in [4.78, 5) is 8.53. The molecule has 0 saturated carbocycles. The van der Waals surface area contributed by atoms with E-state index < -0.39 is 0 Å². The van der Waals surface area contributed by atoms with Crippen LogP contribution in [-0.2, 0) is 17.8 Å². The van der Waals surface area contributed by atoms with Gasteiger partial charge in [-0.3, -0.25) is 0 Å². The molecule has 0 fully saturated rings. The first kappa shape index (κ1) is 13.0. The van der Waals surface area contributed by atoms with Crippen LogP contribution in [0, 0.1) is 0 Å². The van der Waals surface area contributed by atoms with Crippen molar-refractivity contribution in [3.63, 3.8) is 0 Å². The Morgan fingerprint density at radius 2 is 2.39 bits per heavy atom. The van der Waals surface area contributed by atoms with E-state index in [1.54, 1.807) is 11.3 Å². The monoisotopic (exact) mass is 266 g/mol. The zero-order chi connectivity index (χ0) is 12.6. The molecule has 2 aromatic heterocycles. The highest BCUT2D eigenvalue weighted by molar-refractivity contribution is 7.07. The molecule has 0 unspecified atom stereocenters. The summed E-state index contributed by atoms with van der Waals surface area (Å²) in [6.07, 6.45) is 4.79. The molecule has 2 heterocycles. The molecule has 0 aliphatic heterocycles. The van der Waals surface area contributed by atoms with Gasteiger partial charge in [0.1, 0.15) is 0 Å². The molecule has 0 radical (unpaired) electrons. The summed E-state index contributed by atoms with van der Waals surface area (Å²) in [5.74, 6) is 0.888. The van der Waals surface area contributed by atoms with Crippen molar-refractivity contribution in [2.24, 2.45) is 0 Å². The van der Waals surface area contributed by atoms with Crippen molar-refractivity contribution in [3.05, 3.63) is 29.0 Å². The second kappa shape index (κ2) is 7.13. The minimum atomic E-state index is 0.714. The van der Waals surface area contributed by atoms with Crippen molar-refractivity contribution in [2.45, 2.75) is 26.4 Å². The Morgan fingerprint density at radius 3 is 3.17 bits per heavy atom. The molecule has 2 aromatic rings. The fourth-order valence-electron chi connectivity index (χ4n) is 1.63. The molecule has 2 rings (SSSR count). The lowest BCUT2D eigenvalue weighted by atomic mass is 10.4. The van der Waals surface area contributed by atoms with Gasteiger partial charge in [0.05, 0.1) is 17.7 Å². The minimum absolute atomic E-state index is 0.714. The van der Waals surface area contributed by atoms with Crippen LogP contribution in [-0.4, -0.2) is 27.7 Å². The Bertz CT molecular complexity index is 441. The Kier molecular flexibility index (Phi) is 5.16. The number of aromatic nitrogens is 3. The van der Waals surface area contributed by atoms with Gasteiger partial charge in [0.2, 0.25) is 5.95 Å². The van der Waals surface area contributed by atoms with E-state index in [1.165, 1.54) is 0 Å². The number of ether oxygens (including phenoxy) is 1. The van der Waals surface area contributed by atoms with Crippen LogP contribution < -0.4 is 5.32 Å². The van der Waals surface area contributed by atoms with E-state index in [9.17, 15) is 0 Å². The summed E-state index contributed by atoms with van der Waals surface area (Å²) in [6, 6.07) is 0. The lowest BCUT2D eigenvalue weighted by Gasteiger charge is -2.08. The largest absolute Gasteiger partial charge is 0.382 e. The number of nitrogens with zero attached hydrogens (tertiary/aromatic N) is 3. The number of hydrogen-bond acceptors (Lipinski definition) is 5. The molecule has 98 valence electrons. The van der Waals surface area contributed by atoms with E-state index in [4.69, 9.17) is 4.74 Å². The maximum Gasteiger partial charge on any atom is 0.203 e. The van der Waals surface area contributed by atoms with Gasteiger partial charge >= 0.3 is 0 Å². The summed E-state index contributed by atoms with van der Waals surface area (Å²) >= 11 is 1.61. The quantitative estimate of drug-likeness (QED) is 0.745. The average Bonchev–Trinajstić information content (AvgIpc) is 3.03. The number of nitrogens with one attached hydrogen (secondary N) is 1. The lowest BCUT2D eigenvalue weighted by Crippen LogP contribution is -2.09. The van der Waals surface area contributed by atoms with E-state index in [-0.39, 0.29) is 0 Å². The second-order valence-electron chi connectivity index (χ2n) is 3.83. The highest BCUT2D eigenvalue weighted by atomic mass is 32.1. The van der Waals surface area contributed by atoms with Gasteiger partial charge in [-0.05, 0) is 13.3 Å². The zero-order valence-electron chi connectivity index (χ0n) is 10.5. The predicted molar refractivity (Wildman–Crippen MR) is 72.8 cm³/mol. The van der Waals surface area contributed by atoms with Crippen LogP contribution in [0.15, 0.2) is 23.3 Å². The molecular weight excluding hydrogens is 248 g/mol. The first-order valence-electron chi connectivity index (χ1n) is 6.10. The van der Waals surface area contributed by atoms with Crippen LogP contribution in [0.4, 0.5) is 5.95 Å². The minimum Gasteiger partial charge on any atom is -0.382 e. The van der Waals surface area contributed by atoms with Gasteiger partial charge in [-0.15, -0.1) is 11.3 Å². The molecule has 0 amide bonds. The van der Waals surface area contributed by atoms with Gasteiger partial charge in [-0.2, -0.15) is 0 Å². The fourth-order valence-corrected chi connectivity index (χ4v) is 2.19. The Balaban J connectivity index is 1.79. The average molecular weight is 266 g/mol.